The van der Waals surface area contributed by atoms with E-state index in [0.29, 0.717) is 15.0 Å². The first-order valence-corrected chi connectivity index (χ1v) is 14.1. The predicted molar refractivity (Wildman–Crippen MR) is 141 cm³/mol. The molecule has 0 saturated heterocycles. The van der Waals surface area contributed by atoms with Crippen molar-refractivity contribution in [2.75, 3.05) is 0 Å². The molecule has 6 aromatic rings. The van der Waals surface area contributed by atoms with Gasteiger partial charge >= 0.3 is 201 Å². The van der Waals surface area contributed by atoms with E-state index in [1.54, 1.807) is 0 Å². The van der Waals surface area contributed by atoms with Gasteiger partial charge in [-0.05, 0) is 0 Å². The maximum atomic E-state index is 2.49. The van der Waals surface area contributed by atoms with E-state index in [0.717, 1.165) is 0 Å². The first kappa shape index (κ1) is 19.8. The Balaban J connectivity index is 1.50. The second kappa shape index (κ2) is 8.58. The van der Waals surface area contributed by atoms with Crippen LogP contribution in [0.3, 0.4) is 0 Å². The Morgan fingerprint density at radius 2 is 1.03 bits per heavy atom. The Bertz CT molecular complexity index is 1540. The second-order valence-corrected chi connectivity index (χ2v) is 12.4. The Labute approximate surface area is 200 Å². The average Bonchev–Trinajstić information content (AvgIpc) is 3.28. The zero-order chi connectivity index (χ0) is 21.3. The summed E-state index contributed by atoms with van der Waals surface area (Å²) in [7, 11) is 0. The van der Waals surface area contributed by atoms with E-state index in [1.165, 1.54) is 50.5 Å². The van der Waals surface area contributed by atoms with Crippen LogP contribution in [0.25, 0.3) is 41.5 Å². The first-order chi connectivity index (χ1) is 15.8. The van der Waals surface area contributed by atoms with Gasteiger partial charge in [-0.2, -0.15) is 0 Å². The van der Waals surface area contributed by atoms with Crippen molar-refractivity contribution >= 4 is 59.9 Å². The van der Waals surface area contributed by atoms with Crippen molar-refractivity contribution in [3.05, 3.63) is 121 Å². The van der Waals surface area contributed by atoms with Crippen LogP contribution in [0, 0.1) is 0 Å². The molecule has 1 heterocycles. The predicted octanol–water partition coefficient (Wildman–Crippen LogP) is 6.04. The van der Waals surface area contributed by atoms with Crippen molar-refractivity contribution in [3.8, 4) is 20.0 Å². The SMILES string of the molecule is c1ccc([Se]c2cc(-c3ccc4ccccc4c3)[se]c2-c2ccc3ccccc3c2)cc1. The molecule has 152 valence electrons. The molecule has 6 rings (SSSR count). The molecule has 0 nitrogen and oxygen atoms in total. The van der Waals surface area contributed by atoms with Crippen molar-refractivity contribution in [1.29, 1.82) is 0 Å². The van der Waals surface area contributed by atoms with Gasteiger partial charge in [-0.3, -0.25) is 0 Å². The zero-order valence-corrected chi connectivity index (χ0v) is 20.8. The molecule has 32 heavy (non-hydrogen) atoms. The maximum absolute atomic E-state index is 2.49. The molecule has 0 unspecified atom stereocenters. The van der Waals surface area contributed by atoms with Crippen LogP contribution in [0.4, 0.5) is 0 Å². The number of rotatable bonds is 4. The van der Waals surface area contributed by atoms with Gasteiger partial charge in [0, 0.05) is 0 Å². The molecule has 0 fully saturated rings. The van der Waals surface area contributed by atoms with Crippen molar-refractivity contribution in [3.63, 3.8) is 0 Å². The van der Waals surface area contributed by atoms with Crippen LogP contribution in [0.2, 0.25) is 0 Å². The molecule has 0 bridgehead atoms. The van der Waals surface area contributed by atoms with E-state index in [4.69, 9.17) is 0 Å². The molecule has 0 radical (unpaired) electrons. The molecule has 0 amide bonds. The number of fused-ring (bicyclic) bond motifs is 2. The number of hydrogen-bond donors (Lipinski definition) is 0. The summed E-state index contributed by atoms with van der Waals surface area (Å²) in [5.41, 5.74) is 2.74. The third-order valence-corrected chi connectivity index (χ3v) is 11.2. The molecule has 0 saturated carbocycles. The summed E-state index contributed by atoms with van der Waals surface area (Å²) in [6.45, 7) is 0. The van der Waals surface area contributed by atoms with E-state index >= 15 is 0 Å². The molecule has 0 aliphatic carbocycles. The third-order valence-electron chi connectivity index (χ3n) is 5.71. The normalized spacial score (nSPS) is 11.2. The van der Waals surface area contributed by atoms with Gasteiger partial charge in [0.1, 0.15) is 0 Å². The monoisotopic (exact) mass is 540 g/mol. The summed E-state index contributed by atoms with van der Waals surface area (Å²) >= 11 is 0.583. The van der Waals surface area contributed by atoms with Gasteiger partial charge in [-0.25, -0.2) is 0 Å². The van der Waals surface area contributed by atoms with Gasteiger partial charge in [0.05, 0.1) is 0 Å². The summed E-state index contributed by atoms with van der Waals surface area (Å²) in [4.78, 5) is 0. The molecular formula is C30H20Se2. The molecule has 0 aliphatic heterocycles. The van der Waals surface area contributed by atoms with Crippen LogP contribution in [-0.2, 0) is 0 Å². The fraction of sp³-hybridized carbons (Fsp3) is 0. The summed E-state index contributed by atoms with van der Waals surface area (Å²) < 4.78 is 5.97. The van der Waals surface area contributed by atoms with Crippen LogP contribution in [0.5, 0.6) is 0 Å². The molecule has 5 aromatic carbocycles. The summed E-state index contributed by atoms with van der Waals surface area (Å²) in [5, 5.41) is 5.24. The van der Waals surface area contributed by atoms with Crippen molar-refractivity contribution in [2.24, 2.45) is 0 Å². The molecule has 1 aromatic heterocycles. The average molecular weight is 538 g/mol. The Kier molecular flexibility index (Phi) is 5.31. The standard InChI is InChI=1S/C30H20Se2/c1-2-12-27(13-3-1)31-29-20-28(25-16-14-21-8-4-6-10-23(21)18-25)32-30(29)26-17-15-22-9-5-7-11-24(22)19-26/h1-20H. The van der Waals surface area contributed by atoms with E-state index in [-0.39, 0.29) is 14.5 Å². The number of benzene rings is 5. The second-order valence-electron chi connectivity index (χ2n) is 7.84. The van der Waals surface area contributed by atoms with Crippen LogP contribution in [0.1, 0.15) is 0 Å². The quantitative estimate of drug-likeness (QED) is 0.240. The fourth-order valence-electron chi connectivity index (χ4n) is 4.08. The van der Waals surface area contributed by atoms with Crippen molar-refractivity contribution in [1.82, 2.24) is 0 Å². The van der Waals surface area contributed by atoms with Gasteiger partial charge in [0.15, 0.2) is 0 Å². The summed E-state index contributed by atoms with van der Waals surface area (Å²) in [6, 6.07) is 44.6. The minimum atomic E-state index is 0.288. The molecule has 2 heteroatoms. The van der Waals surface area contributed by atoms with Gasteiger partial charge in [0.25, 0.3) is 0 Å². The van der Waals surface area contributed by atoms with Crippen LogP contribution in [-0.4, -0.2) is 29.5 Å². The van der Waals surface area contributed by atoms with Crippen molar-refractivity contribution in [2.45, 2.75) is 0 Å². The molecular weight excluding hydrogens is 518 g/mol. The van der Waals surface area contributed by atoms with Gasteiger partial charge in [-0.1, -0.05) is 0 Å². The fourth-order valence-corrected chi connectivity index (χ4v) is 9.52. The summed E-state index contributed by atoms with van der Waals surface area (Å²) in [6.07, 6.45) is 0. The topological polar surface area (TPSA) is 0 Å². The van der Waals surface area contributed by atoms with E-state index in [2.05, 4.69) is 121 Å². The van der Waals surface area contributed by atoms with Crippen LogP contribution >= 0.6 is 0 Å². The Hall–Kier alpha value is -2.86. The Morgan fingerprint density at radius 1 is 0.469 bits per heavy atom. The van der Waals surface area contributed by atoms with E-state index in [1.807, 2.05) is 0 Å². The van der Waals surface area contributed by atoms with Crippen LogP contribution in [0.15, 0.2) is 121 Å². The van der Waals surface area contributed by atoms with E-state index in [9.17, 15) is 0 Å². The molecule has 0 aliphatic rings. The Morgan fingerprint density at radius 3 is 1.72 bits per heavy atom. The molecule has 0 spiro atoms. The third kappa shape index (κ3) is 3.88. The van der Waals surface area contributed by atoms with Gasteiger partial charge in [-0.15, -0.1) is 0 Å². The van der Waals surface area contributed by atoms with Crippen LogP contribution < -0.4 is 8.92 Å². The van der Waals surface area contributed by atoms with Crippen molar-refractivity contribution < 1.29 is 0 Å². The van der Waals surface area contributed by atoms with Gasteiger partial charge < -0.3 is 0 Å². The number of hydrogen-bond acceptors (Lipinski definition) is 0. The molecule has 0 N–H and O–H groups in total. The minimum absolute atomic E-state index is 0.288. The molecule has 0 atom stereocenters. The van der Waals surface area contributed by atoms with E-state index < -0.39 is 0 Å². The van der Waals surface area contributed by atoms with Gasteiger partial charge in [0.2, 0.25) is 0 Å². The zero-order valence-electron chi connectivity index (χ0n) is 17.4. The summed E-state index contributed by atoms with van der Waals surface area (Å²) in [5.74, 6) is 0. The first-order valence-electron chi connectivity index (χ1n) is 10.7.